The molecule has 1 N–H and O–H groups in total. The molecule has 1 aliphatic carbocycles. The second-order valence-electron chi connectivity index (χ2n) is 5.54. The summed E-state index contributed by atoms with van der Waals surface area (Å²) in [6, 6.07) is 8.07. The van der Waals surface area contributed by atoms with Gasteiger partial charge in [0.1, 0.15) is 5.69 Å². The summed E-state index contributed by atoms with van der Waals surface area (Å²) in [7, 11) is 0. The Kier molecular flexibility index (Phi) is 3.92. The minimum Gasteiger partial charge on any atom is -0.282 e. The second-order valence-corrected chi connectivity index (χ2v) is 5.54. The Morgan fingerprint density at radius 3 is 2.79 bits per heavy atom. The SMILES string of the molecule is c1ccc(-c2cc(CCC3CCCCC3)[nH]n2)nc1. The van der Waals surface area contributed by atoms with Gasteiger partial charge in [0.05, 0.1) is 5.69 Å². The zero-order chi connectivity index (χ0) is 12.9. The molecule has 3 rings (SSSR count). The van der Waals surface area contributed by atoms with Gasteiger partial charge in [0.15, 0.2) is 0 Å². The largest absolute Gasteiger partial charge is 0.282 e. The minimum absolute atomic E-state index is 0.926. The van der Waals surface area contributed by atoms with Crippen LogP contribution in [0.1, 0.15) is 44.2 Å². The Bertz CT molecular complexity index is 498. The maximum absolute atomic E-state index is 4.36. The van der Waals surface area contributed by atoms with Gasteiger partial charge in [0, 0.05) is 11.9 Å². The monoisotopic (exact) mass is 255 g/mol. The van der Waals surface area contributed by atoms with Gasteiger partial charge in [-0.15, -0.1) is 0 Å². The van der Waals surface area contributed by atoms with E-state index in [9.17, 15) is 0 Å². The summed E-state index contributed by atoms with van der Waals surface area (Å²) in [4.78, 5) is 4.33. The third-order valence-electron chi connectivity index (χ3n) is 4.10. The van der Waals surface area contributed by atoms with Crippen LogP contribution in [-0.2, 0) is 6.42 Å². The lowest BCUT2D eigenvalue weighted by Gasteiger charge is -2.20. The Morgan fingerprint density at radius 1 is 1.11 bits per heavy atom. The van der Waals surface area contributed by atoms with E-state index in [2.05, 4.69) is 21.2 Å². The molecule has 2 aromatic heterocycles. The molecular weight excluding hydrogens is 234 g/mol. The number of aromatic nitrogens is 3. The molecule has 3 heteroatoms. The maximum atomic E-state index is 4.36. The van der Waals surface area contributed by atoms with Crippen LogP contribution in [0.25, 0.3) is 11.4 Å². The van der Waals surface area contributed by atoms with Crippen LogP contribution >= 0.6 is 0 Å². The molecule has 2 aromatic rings. The minimum atomic E-state index is 0.926. The molecule has 0 amide bonds. The van der Waals surface area contributed by atoms with Crippen molar-refractivity contribution >= 4 is 0 Å². The van der Waals surface area contributed by atoms with Gasteiger partial charge in [-0.25, -0.2) is 0 Å². The van der Waals surface area contributed by atoms with Gasteiger partial charge >= 0.3 is 0 Å². The summed E-state index contributed by atoms with van der Waals surface area (Å²) in [6.07, 6.45) is 11.3. The molecule has 0 aromatic carbocycles. The summed E-state index contributed by atoms with van der Waals surface area (Å²) in [5, 5.41) is 7.52. The third-order valence-corrected chi connectivity index (χ3v) is 4.10. The number of rotatable bonds is 4. The third kappa shape index (κ3) is 3.22. The number of pyridine rings is 1. The van der Waals surface area contributed by atoms with Crippen molar-refractivity contribution in [1.82, 2.24) is 15.2 Å². The number of hydrogen-bond acceptors (Lipinski definition) is 2. The van der Waals surface area contributed by atoms with Crippen molar-refractivity contribution in [3.05, 3.63) is 36.2 Å². The van der Waals surface area contributed by atoms with Crippen molar-refractivity contribution in [3.63, 3.8) is 0 Å². The first-order valence-electron chi connectivity index (χ1n) is 7.37. The van der Waals surface area contributed by atoms with E-state index in [1.807, 2.05) is 24.4 Å². The van der Waals surface area contributed by atoms with Crippen LogP contribution in [0.4, 0.5) is 0 Å². The Balaban J connectivity index is 1.59. The molecule has 1 saturated carbocycles. The first-order chi connectivity index (χ1) is 9.42. The highest BCUT2D eigenvalue weighted by Crippen LogP contribution is 2.27. The molecule has 1 aliphatic rings. The van der Waals surface area contributed by atoms with Gasteiger partial charge in [-0.05, 0) is 37.0 Å². The summed E-state index contributed by atoms with van der Waals surface area (Å²) in [5.41, 5.74) is 3.15. The van der Waals surface area contributed by atoms with Crippen molar-refractivity contribution in [1.29, 1.82) is 0 Å². The number of hydrogen-bond donors (Lipinski definition) is 1. The van der Waals surface area contributed by atoms with Gasteiger partial charge in [-0.3, -0.25) is 10.1 Å². The fourth-order valence-corrected chi connectivity index (χ4v) is 2.97. The van der Waals surface area contributed by atoms with Crippen molar-refractivity contribution in [2.24, 2.45) is 5.92 Å². The average molecular weight is 255 g/mol. The highest BCUT2D eigenvalue weighted by atomic mass is 15.1. The number of H-pyrrole nitrogens is 1. The van der Waals surface area contributed by atoms with E-state index in [0.29, 0.717) is 0 Å². The van der Waals surface area contributed by atoms with Crippen molar-refractivity contribution < 1.29 is 0 Å². The first kappa shape index (κ1) is 12.4. The Labute approximate surface area is 114 Å². The molecule has 0 atom stereocenters. The molecule has 0 radical (unpaired) electrons. The van der Waals surface area contributed by atoms with Crippen LogP contribution in [0.5, 0.6) is 0 Å². The van der Waals surface area contributed by atoms with Crippen LogP contribution in [0.15, 0.2) is 30.5 Å². The van der Waals surface area contributed by atoms with Crippen molar-refractivity contribution in [3.8, 4) is 11.4 Å². The van der Waals surface area contributed by atoms with E-state index in [-0.39, 0.29) is 0 Å². The molecule has 0 saturated heterocycles. The summed E-state index contributed by atoms with van der Waals surface area (Å²) in [6.45, 7) is 0. The molecule has 19 heavy (non-hydrogen) atoms. The van der Waals surface area contributed by atoms with Crippen LogP contribution in [0.2, 0.25) is 0 Å². The molecule has 0 spiro atoms. The summed E-state index contributed by atoms with van der Waals surface area (Å²) in [5.74, 6) is 0.926. The van der Waals surface area contributed by atoms with Crippen molar-refractivity contribution in [2.45, 2.75) is 44.9 Å². The van der Waals surface area contributed by atoms with E-state index in [0.717, 1.165) is 23.7 Å². The molecule has 1 fully saturated rings. The predicted molar refractivity (Wildman–Crippen MR) is 76.7 cm³/mol. The molecule has 2 heterocycles. The number of nitrogens with zero attached hydrogens (tertiary/aromatic N) is 2. The fraction of sp³-hybridized carbons (Fsp3) is 0.500. The first-order valence-corrected chi connectivity index (χ1v) is 7.37. The predicted octanol–water partition coefficient (Wildman–Crippen LogP) is 3.98. The van der Waals surface area contributed by atoms with E-state index in [1.54, 1.807) is 0 Å². The lowest BCUT2D eigenvalue weighted by atomic mass is 9.86. The van der Waals surface area contributed by atoms with Crippen LogP contribution < -0.4 is 0 Å². The molecule has 0 bridgehead atoms. The standard InChI is InChI=1S/C16H21N3/c1-2-6-13(7-3-1)9-10-14-12-16(19-18-14)15-8-4-5-11-17-15/h4-5,8,11-13H,1-3,6-7,9-10H2,(H,18,19). The van der Waals surface area contributed by atoms with E-state index in [4.69, 9.17) is 0 Å². The van der Waals surface area contributed by atoms with E-state index < -0.39 is 0 Å². The number of aromatic amines is 1. The zero-order valence-corrected chi connectivity index (χ0v) is 11.3. The van der Waals surface area contributed by atoms with Gasteiger partial charge < -0.3 is 0 Å². The lowest BCUT2D eigenvalue weighted by Crippen LogP contribution is -2.07. The maximum Gasteiger partial charge on any atom is 0.111 e. The Hall–Kier alpha value is -1.64. The zero-order valence-electron chi connectivity index (χ0n) is 11.3. The smallest absolute Gasteiger partial charge is 0.111 e. The molecule has 100 valence electrons. The summed E-state index contributed by atoms with van der Waals surface area (Å²) >= 11 is 0. The molecule has 0 unspecified atom stereocenters. The van der Waals surface area contributed by atoms with Crippen LogP contribution in [-0.4, -0.2) is 15.2 Å². The van der Waals surface area contributed by atoms with Gasteiger partial charge in [0.25, 0.3) is 0 Å². The number of nitrogens with one attached hydrogen (secondary N) is 1. The van der Waals surface area contributed by atoms with Gasteiger partial charge in [0.2, 0.25) is 0 Å². The highest BCUT2D eigenvalue weighted by Gasteiger charge is 2.14. The van der Waals surface area contributed by atoms with Crippen LogP contribution in [0, 0.1) is 5.92 Å². The van der Waals surface area contributed by atoms with Gasteiger partial charge in [-0.2, -0.15) is 5.10 Å². The Morgan fingerprint density at radius 2 is 2.00 bits per heavy atom. The van der Waals surface area contributed by atoms with E-state index >= 15 is 0 Å². The normalized spacial score (nSPS) is 16.6. The lowest BCUT2D eigenvalue weighted by molar-refractivity contribution is 0.338. The highest BCUT2D eigenvalue weighted by molar-refractivity contribution is 5.53. The van der Waals surface area contributed by atoms with Crippen LogP contribution in [0.3, 0.4) is 0 Å². The summed E-state index contributed by atoms with van der Waals surface area (Å²) < 4.78 is 0. The fourth-order valence-electron chi connectivity index (χ4n) is 2.97. The van der Waals surface area contributed by atoms with E-state index in [1.165, 1.54) is 44.2 Å². The topological polar surface area (TPSA) is 41.6 Å². The average Bonchev–Trinajstić information content (AvgIpc) is 2.96. The molecule has 3 nitrogen and oxygen atoms in total. The second kappa shape index (κ2) is 6.00. The van der Waals surface area contributed by atoms with Crippen molar-refractivity contribution in [2.75, 3.05) is 0 Å². The molecular formula is C16H21N3. The molecule has 0 aliphatic heterocycles. The number of aryl methyl sites for hydroxylation is 1. The quantitative estimate of drug-likeness (QED) is 0.897. The van der Waals surface area contributed by atoms with Gasteiger partial charge in [-0.1, -0.05) is 38.2 Å².